The number of carbonyl (C=O) groups is 1. The van der Waals surface area contributed by atoms with Crippen LogP contribution in [0.3, 0.4) is 0 Å². The van der Waals surface area contributed by atoms with E-state index in [2.05, 4.69) is 5.32 Å². The molecule has 1 fully saturated rings. The maximum Gasteiger partial charge on any atom is 0.224 e. The number of rotatable bonds is 2. The van der Waals surface area contributed by atoms with Crippen LogP contribution in [0.25, 0.3) is 0 Å². The van der Waals surface area contributed by atoms with Gasteiger partial charge in [0.05, 0.1) is 11.2 Å². The fourth-order valence-corrected chi connectivity index (χ4v) is 3.19. The normalized spacial score (nSPS) is 28.4. The predicted octanol–water partition coefficient (Wildman–Crippen LogP) is -0.420. The van der Waals surface area contributed by atoms with Crippen molar-refractivity contribution in [3.8, 4) is 0 Å². The van der Waals surface area contributed by atoms with Crippen molar-refractivity contribution in [2.24, 2.45) is 11.1 Å². The van der Waals surface area contributed by atoms with Crippen LogP contribution in [0.2, 0.25) is 0 Å². The highest BCUT2D eigenvalue weighted by Gasteiger charge is 2.37. The Morgan fingerprint density at radius 2 is 1.93 bits per heavy atom. The Kier molecular flexibility index (Phi) is 3.49. The molecule has 14 heavy (non-hydrogen) atoms. The molecule has 6 heteroatoms. The molecule has 82 valence electrons. The smallest absolute Gasteiger partial charge is 0.224 e. The van der Waals surface area contributed by atoms with Crippen molar-refractivity contribution in [2.45, 2.75) is 30.9 Å². The van der Waals surface area contributed by atoms with Gasteiger partial charge in [-0.2, -0.15) is 0 Å². The molecule has 1 rings (SSSR count). The lowest BCUT2D eigenvalue weighted by molar-refractivity contribution is -0.125. The summed E-state index contributed by atoms with van der Waals surface area (Å²) in [6.07, 6.45) is 2.83. The van der Waals surface area contributed by atoms with E-state index in [1.54, 1.807) is 0 Å². The van der Waals surface area contributed by atoms with Crippen molar-refractivity contribution in [1.29, 1.82) is 0 Å². The van der Waals surface area contributed by atoms with Crippen LogP contribution in [0, 0.1) is 5.92 Å². The summed E-state index contributed by atoms with van der Waals surface area (Å²) in [6.45, 7) is 0. The molecule has 2 atom stereocenters. The van der Waals surface area contributed by atoms with Crippen LogP contribution < -0.4 is 10.5 Å². The number of hydrogen-bond donors (Lipinski definition) is 2. The number of hydrogen-bond acceptors (Lipinski definition) is 3. The minimum absolute atomic E-state index is 0.219. The SMILES string of the molecule is CNC(=O)[C@H]1CCCC[C@H]1S(N)(=O)=O. The van der Waals surface area contributed by atoms with Crippen molar-refractivity contribution in [3.05, 3.63) is 0 Å². The van der Waals surface area contributed by atoms with Crippen LogP contribution in [0.1, 0.15) is 25.7 Å². The van der Waals surface area contributed by atoms with E-state index in [4.69, 9.17) is 5.14 Å². The Labute approximate surface area is 84.1 Å². The summed E-state index contributed by atoms with van der Waals surface area (Å²) in [5.41, 5.74) is 0. The third kappa shape index (κ3) is 2.45. The fraction of sp³-hybridized carbons (Fsp3) is 0.875. The first-order valence-corrected chi connectivity index (χ1v) is 6.31. The first-order chi connectivity index (χ1) is 6.46. The molecule has 0 unspecified atom stereocenters. The molecule has 3 N–H and O–H groups in total. The van der Waals surface area contributed by atoms with Crippen molar-refractivity contribution in [1.82, 2.24) is 5.32 Å². The summed E-state index contributed by atoms with van der Waals surface area (Å²) >= 11 is 0. The van der Waals surface area contributed by atoms with Gasteiger partial charge in [0.25, 0.3) is 0 Å². The van der Waals surface area contributed by atoms with Gasteiger partial charge in [0, 0.05) is 7.05 Å². The van der Waals surface area contributed by atoms with Crippen LogP contribution in [0.5, 0.6) is 0 Å². The highest BCUT2D eigenvalue weighted by Crippen LogP contribution is 2.28. The second-order valence-electron chi connectivity index (χ2n) is 3.63. The van der Waals surface area contributed by atoms with Crippen LogP contribution in [0.15, 0.2) is 0 Å². The number of sulfonamides is 1. The van der Waals surface area contributed by atoms with Gasteiger partial charge in [-0.25, -0.2) is 13.6 Å². The summed E-state index contributed by atoms with van der Waals surface area (Å²) in [4.78, 5) is 11.4. The van der Waals surface area contributed by atoms with Crippen LogP contribution in [0.4, 0.5) is 0 Å². The Morgan fingerprint density at radius 1 is 1.36 bits per heavy atom. The van der Waals surface area contributed by atoms with Crippen molar-refractivity contribution in [2.75, 3.05) is 7.05 Å². The van der Waals surface area contributed by atoms with Gasteiger partial charge in [0.15, 0.2) is 0 Å². The summed E-state index contributed by atoms with van der Waals surface area (Å²) in [7, 11) is -2.08. The van der Waals surface area contributed by atoms with Gasteiger partial charge >= 0.3 is 0 Å². The molecule has 0 radical (unpaired) electrons. The molecular weight excluding hydrogens is 204 g/mol. The van der Waals surface area contributed by atoms with Crippen molar-refractivity contribution >= 4 is 15.9 Å². The van der Waals surface area contributed by atoms with Gasteiger partial charge in [-0.05, 0) is 12.8 Å². The first-order valence-electron chi connectivity index (χ1n) is 4.70. The van der Waals surface area contributed by atoms with Gasteiger partial charge in [-0.3, -0.25) is 4.79 Å². The van der Waals surface area contributed by atoms with Crippen molar-refractivity contribution < 1.29 is 13.2 Å². The zero-order valence-corrected chi connectivity index (χ0v) is 9.01. The van der Waals surface area contributed by atoms with Gasteiger partial charge in [0.2, 0.25) is 15.9 Å². The molecule has 0 spiro atoms. The number of nitrogens with one attached hydrogen (secondary N) is 1. The van der Waals surface area contributed by atoms with E-state index < -0.39 is 21.2 Å². The molecule has 0 bridgehead atoms. The number of carbonyl (C=O) groups excluding carboxylic acids is 1. The van der Waals surface area contributed by atoms with Gasteiger partial charge in [-0.15, -0.1) is 0 Å². The van der Waals surface area contributed by atoms with Gasteiger partial charge in [0.1, 0.15) is 0 Å². The quantitative estimate of drug-likeness (QED) is 0.662. The molecule has 0 aromatic heterocycles. The Hall–Kier alpha value is -0.620. The maximum absolute atomic E-state index is 11.4. The Balaban J connectivity index is 2.85. The zero-order chi connectivity index (χ0) is 10.8. The molecule has 1 saturated carbocycles. The monoisotopic (exact) mass is 220 g/mol. The van der Waals surface area contributed by atoms with E-state index in [0.717, 1.165) is 12.8 Å². The third-order valence-corrected chi connectivity index (χ3v) is 4.12. The topological polar surface area (TPSA) is 89.3 Å². The molecular formula is C8H16N2O3S. The molecule has 1 aliphatic rings. The van der Waals surface area contributed by atoms with E-state index in [0.29, 0.717) is 12.8 Å². The summed E-state index contributed by atoms with van der Waals surface area (Å²) in [6, 6.07) is 0. The van der Waals surface area contributed by atoms with Crippen LogP contribution >= 0.6 is 0 Å². The van der Waals surface area contributed by atoms with Gasteiger partial charge in [-0.1, -0.05) is 12.8 Å². The summed E-state index contributed by atoms with van der Waals surface area (Å²) in [5.74, 6) is -0.688. The zero-order valence-electron chi connectivity index (χ0n) is 8.19. The third-order valence-electron chi connectivity index (χ3n) is 2.71. The lowest BCUT2D eigenvalue weighted by Crippen LogP contribution is -2.44. The lowest BCUT2D eigenvalue weighted by atomic mass is 9.88. The molecule has 0 aliphatic heterocycles. The number of amides is 1. The average molecular weight is 220 g/mol. The van der Waals surface area contributed by atoms with E-state index in [9.17, 15) is 13.2 Å². The standard InChI is InChI=1S/C8H16N2O3S/c1-10-8(11)6-4-2-3-5-7(6)14(9,12)13/h6-7H,2-5H2,1H3,(H,10,11)(H2,9,12,13)/t6-,7+/m0/s1. The van der Waals surface area contributed by atoms with E-state index in [1.165, 1.54) is 7.05 Å². The molecule has 1 amide bonds. The summed E-state index contributed by atoms with van der Waals surface area (Å²) in [5, 5.41) is 6.87. The molecule has 0 heterocycles. The van der Waals surface area contributed by atoms with Crippen LogP contribution in [-0.2, 0) is 14.8 Å². The van der Waals surface area contributed by atoms with E-state index in [1.807, 2.05) is 0 Å². The molecule has 0 aromatic carbocycles. The van der Waals surface area contributed by atoms with E-state index in [-0.39, 0.29) is 5.91 Å². The minimum atomic E-state index is -3.59. The highest BCUT2D eigenvalue weighted by molar-refractivity contribution is 7.89. The summed E-state index contributed by atoms with van der Waals surface area (Å²) < 4.78 is 22.4. The Morgan fingerprint density at radius 3 is 2.43 bits per heavy atom. The highest BCUT2D eigenvalue weighted by atomic mass is 32.2. The minimum Gasteiger partial charge on any atom is -0.359 e. The predicted molar refractivity (Wildman–Crippen MR) is 52.9 cm³/mol. The number of nitrogens with two attached hydrogens (primary N) is 1. The molecule has 1 aliphatic carbocycles. The fourth-order valence-electron chi connectivity index (χ4n) is 1.98. The molecule has 0 aromatic rings. The van der Waals surface area contributed by atoms with E-state index >= 15 is 0 Å². The average Bonchev–Trinajstić information content (AvgIpc) is 2.15. The van der Waals surface area contributed by atoms with Gasteiger partial charge < -0.3 is 5.32 Å². The van der Waals surface area contributed by atoms with Crippen LogP contribution in [-0.4, -0.2) is 26.6 Å². The van der Waals surface area contributed by atoms with Crippen molar-refractivity contribution in [3.63, 3.8) is 0 Å². The largest absolute Gasteiger partial charge is 0.359 e. The second-order valence-corrected chi connectivity index (χ2v) is 5.42. The molecule has 5 nitrogen and oxygen atoms in total. The number of primary sulfonamides is 1. The Bertz CT molecular complexity index is 313. The second kappa shape index (κ2) is 4.27. The lowest BCUT2D eigenvalue weighted by Gasteiger charge is -2.28. The molecule has 0 saturated heterocycles. The first kappa shape index (κ1) is 11.5. The maximum atomic E-state index is 11.4.